The fourth-order valence-electron chi connectivity index (χ4n) is 4.81. The Morgan fingerprint density at radius 3 is 2.24 bits per heavy atom. The van der Waals surface area contributed by atoms with Crippen molar-refractivity contribution in [2.45, 2.75) is 97.3 Å². The van der Waals surface area contributed by atoms with Gasteiger partial charge in [0.05, 0.1) is 18.1 Å². The number of aromatic nitrogens is 2. The molecule has 0 atom stereocenters. The minimum atomic E-state index is -0.0869. The molecule has 1 fully saturated rings. The van der Waals surface area contributed by atoms with E-state index in [1.54, 1.807) is 0 Å². The molecule has 1 aliphatic rings. The molecule has 33 heavy (non-hydrogen) atoms. The van der Waals surface area contributed by atoms with Crippen molar-refractivity contribution in [3.8, 4) is 23.2 Å². The molecule has 0 saturated heterocycles. The number of benzene rings is 1. The highest BCUT2D eigenvalue weighted by molar-refractivity contribution is 5.55. The van der Waals surface area contributed by atoms with Gasteiger partial charge in [-0.1, -0.05) is 52.4 Å². The third-order valence-corrected chi connectivity index (χ3v) is 7.18. The van der Waals surface area contributed by atoms with Crippen LogP contribution in [0.1, 0.15) is 96.5 Å². The number of ether oxygens (including phenoxy) is 1. The van der Waals surface area contributed by atoms with Gasteiger partial charge in [-0.05, 0) is 80.7 Å². The van der Waals surface area contributed by atoms with Gasteiger partial charge in [0, 0.05) is 18.0 Å². The van der Waals surface area contributed by atoms with Crippen LogP contribution in [0.2, 0.25) is 0 Å². The zero-order chi connectivity index (χ0) is 23.4. The van der Waals surface area contributed by atoms with Crippen LogP contribution in [0.15, 0.2) is 36.7 Å². The molecule has 0 unspecified atom stereocenters. The van der Waals surface area contributed by atoms with Gasteiger partial charge in [-0.15, -0.1) is 0 Å². The summed E-state index contributed by atoms with van der Waals surface area (Å²) in [6, 6.07) is 10.8. The van der Waals surface area contributed by atoms with E-state index < -0.39 is 0 Å². The Morgan fingerprint density at radius 1 is 0.939 bits per heavy atom. The number of hydrogen-bond donors (Lipinski definition) is 0. The maximum Gasteiger partial charge on any atom is 0.159 e. The van der Waals surface area contributed by atoms with Gasteiger partial charge in [-0.3, -0.25) is 0 Å². The average molecular weight is 448 g/mol. The van der Waals surface area contributed by atoms with Gasteiger partial charge in [-0.2, -0.15) is 5.26 Å². The van der Waals surface area contributed by atoms with E-state index in [0.717, 1.165) is 62.3 Å². The summed E-state index contributed by atoms with van der Waals surface area (Å²) in [5.41, 5.74) is 2.13. The lowest BCUT2D eigenvalue weighted by molar-refractivity contribution is 0.144. The second kappa shape index (κ2) is 13.3. The van der Waals surface area contributed by atoms with Crippen molar-refractivity contribution in [2.24, 2.45) is 11.3 Å². The molecule has 1 aromatic heterocycles. The summed E-state index contributed by atoms with van der Waals surface area (Å²) in [6.45, 7) is 5.18. The van der Waals surface area contributed by atoms with Crippen LogP contribution in [-0.4, -0.2) is 16.6 Å². The van der Waals surface area contributed by atoms with Gasteiger partial charge in [0.25, 0.3) is 0 Å². The number of rotatable bonds is 13. The van der Waals surface area contributed by atoms with E-state index in [1.807, 2.05) is 36.7 Å². The number of nitrogens with zero attached hydrogens (tertiary/aromatic N) is 3. The fraction of sp³-hybridized carbons (Fsp3) is 0.621. The Balaban J connectivity index is 1.42. The summed E-state index contributed by atoms with van der Waals surface area (Å²) in [6.07, 6.45) is 19.0. The van der Waals surface area contributed by atoms with E-state index in [4.69, 9.17) is 4.74 Å². The van der Waals surface area contributed by atoms with Gasteiger partial charge in [0.1, 0.15) is 5.75 Å². The summed E-state index contributed by atoms with van der Waals surface area (Å²) in [4.78, 5) is 9.06. The van der Waals surface area contributed by atoms with E-state index in [0.29, 0.717) is 5.92 Å². The lowest BCUT2D eigenvalue weighted by Crippen LogP contribution is -2.28. The third kappa shape index (κ3) is 7.84. The molecular formula is C29H41N3O. The minimum absolute atomic E-state index is 0.0869. The smallest absolute Gasteiger partial charge is 0.159 e. The Hall–Kier alpha value is -2.41. The molecule has 0 N–H and O–H groups in total. The van der Waals surface area contributed by atoms with Crippen LogP contribution in [0.25, 0.3) is 11.4 Å². The molecule has 4 heteroatoms. The van der Waals surface area contributed by atoms with Crippen LogP contribution < -0.4 is 4.74 Å². The van der Waals surface area contributed by atoms with Crippen LogP contribution in [0.4, 0.5) is 0 Å². The molecule has 0 aliphatic heterocycles. The van der Waals surface area contributed by atoms with Gasteiger partial charge < -0.3 is 4.74 Å². The quantitative estimate of drug-likeness (QED) is 0.293. The fourth-order valence-corrected chi connectivity index (χ4v) is 4.81. The van der Waals surface area contributed by atoms with Crippen molar-refractivity contribution in [3.63, 3.8) is 0 Å². The van der Waals surface area contributed by atoms with Crippen molar-refractivity contribution in [1.82, 2.24) is 9.97 Å². The molecule has 0 radical (unpaired) electrons. The van der Waals surface area contributed by atoms with Crippen LogP contribution >= 0.6 is 0 Å². The summed E-state index contributed by atoms with van der Waals surface area (Å²) in [5, 5.41) is 9.82. The van der Waals surface area contributed by atoms with Crippen LogP contribution in [-0.2, 0) is 6.42 Å². The van der Waals surface area contributed by atoms with E-state index >= 15 is 0 Å². The lowest BCUT2D eigenvalue weighted by Gasteiger charge is -2.35. The molecule has 0 amide bonds. The molecule has 3 rings (SSSR count). The Bertz CT molecular complexity index is 846. The predicted octanol–water partition coefficient (Wildman–Crippen LogP) is 7.93. The Kier molecular flexibility index (Phi) is 10.2. The average Bonchev–Trinajstić information content (AvgIpc) is 2.87. The summed E-state index contributed by atoms with van der Waals surface area (Å²) in [7, 11) is 0. The first-order chi connectivity index (χ1) is 16.2. The van der Waals surface area contributed by atoms with Gasteiger partial charge in [0.2, 0.25) is 0 Å². The first kappa shape index (κ1) is 25.2. The highest BCUT2D eigenvalue weighted by atomic mass is 16.5. The maximum absolute atomic E-state index is 9.82. The number of nitriles is 1. The van der Waals surface area contributed by atoms with E-state index in [2.05, 4.69) is 29.9 Å². The molecule has 1 saturated carbocycles. The molecular weight excluding hydrogens is 406 g/mol. The summed E-state index contributed by atoms with van der Waals surface area (Å²) < 4.78 is 6.10. The molecule has 1 heterocycles. The normalized spacial score (nSPS) is 20.3. The molecule has 2 aromatic rings. The standard InChI is InChI=1S/C29H41N3O/c1-3-5-7-8-9-17-29(23-30)18-15-24(16-19-29)22-33-27-13-11-26(12-14-27)28-31-20-25(21-32-28)10-6-4-2/h11-14,20-21,24H,3-10,15-19,22H2,1-2H3. The van der Waals surface area contributed by atoms with E-state index in [-0.39, 0.29) is 5.41 Å². The van der Waals surface area contributed by atoms with Crippen molar-refractivity contribution in [1.29, 1.82) is 5.26 Å². The van der Waals surface area contributed by atoms with Crippen molar-refractivity contribution >= 4 is 0 Å². The van der Waals surface area contributed by atoms with E-state index in [1.165, 1.54) is 50.5 Å². The number of aryl methyl sites for hydroxylation is 1. The number of unbranched alkanes of at least 4 members (excludes halogenated alkanes) is 5. The van der Waals surface area contributed by atoms with Gasteiger partial charge in [-0.25, -0.2) is 9.97 Å². The predicted molar refractivity (Wildman–Crippen MR) is 135 cm³/mol. The van der Waals surface area contributed by atoms with Gasteiger partial charge in [0.15, 0.2) is 5.82 Å². The molecule has 1 aliphatic carbocycles. The van der Waals surface area contributed by atoms with Crippen molar-refractivity contribution < 1.29 is 4.74 Å². The Morgan fingerprint density at radius 2 is 1.61 bits per heavy atom. The SMILES string of the molecule is CCCCCCCC1(C#N)CCC(COc2ccc(-c3ncc(CCCC)cn3)cc2)CC1. The molecule has 178 valence electrons. The lowest BCUT2D eigenvalue weighted by atomic mass is 9.69. The largest absolute Gasteiger partial charge is 0.493 e. The second-order valence-corrected chi connectivity index (χ2v) is 9.85. The van der Waals surface area contributed by atoms with Crippen LogP contribution in [0.3, 0.4) is 0 Å². The molecule has 4 nitrogen and oxygen atoms in total. The van der Waals surface area contributed by atoms with Crippen molar-refractivity contribution in [3.05, 3.63) is 42.2 Å². The topological polar surface area (TPSA) is 58.8 Å². The highest BCUT2D eigenvalue weighted by Gasteiger charge is 2.35. The minimum Gasteiger partial charge on any atom is -0.493 e. The zero-order valence-corrected chi connectivity index (χ0v) is 20.7. The zero-order valence-electron chi connectivity index (χ0n) is 20.7. The molecule has 0 spiro atoms. The molecule has 1 aromatic carbocycles. The monoisotopic (exact) mass is 447 g/mol. The van der Waals surface area contributed by atoms with Crippen molar-refractivity contribution in [2.75, 3.05) is 6.61 Å². The third-order valence-electron chi connectivity index (χ3n) is 7.18. The second-order valence-electron chi connectivity index (χ2n) is 9.85. The van der Waals surface area contributed by atoms with E-state index in [9.17, 15) is 5.26 Å². The van der Waals surface area contributed by atoms with Crippen LogP contribution in [0.5, 0.6) is 5.75 Å². The van der Waals surface area contributed by atoms with Crippen LogP contribution in [0, 0.1) is 22.7 Å². The molecule has 0 bridgehead atoms. The number of hydrogen-bond acceptors (Lipinski definition) is 4. The highest BCUT2D eigenvalue weighted by Crippen LogP contribution is 2.42. The Labute approximate surface area is 200 Å². The first-order valence-electron chi connectivity index (χ1n) is 13.1. The summed E-state index contributed by atoms with van der Waals surface area (Å²) in [5.74, 6) is 2.20. The maximum atomic E-state index is 9.82. The van der Waals surface area contributed by atoms with Gasteiger partial charge >= 0.3 is 0 Å². The summed E-state index contributed by atoms with van der Waals surface area (Å²) >= 11 is 0. The first-order valence-corrected chi connectivity index (χ1v) is 13.1.